The molecule has 0 aliphatic rings. The molecule has 6 heteroatoms. The number of amides is 1. The molecule has 0 saturated heterocycles. The third-order valence-electron chi connectivity index (χ3n) is 3.20. The number of hydrogen-bond acceptors (Lipinski definition) is 4. The summed E-state index contributed by atoms with van der Waals surface area (Å²) in [5.74, 6) is 1.58. The molecule has 0 radical (unpaired) electrons. The molecule has 108 valence electrons. The summed E-state index contributed by atoms with van der Waals surface area (Å²) in [5.41, 5.74) is 1.70. The number of hydrogen-bond donors (Lipinski definition) is 1. The predicted octanol–water partition coefficient (Wildman–Crippen LogP) is 1.53. The van der Waals surface area contributed by atoms with Gasteiger partial charge in [-0.25, -0.2) is 4.98 Å². The quantitative estimate of drug-likeness (QED) is 0.771. The molecule has 3 aromatic rings. The van der Waals surface area contributed by atoms with Crippen molar-refractivity contribution < 1.29 is 9.32 Å². The van der Waals surface area contributed by atoms with Gasteiger partial charge in [0.25, 0.3) is 0 Å². The molecule has 21 heavy (non-hydrogen) atoms. The zero-order valence-corrected chi connectivity index (χ0v) is 11.7. The second-order valence-corrected chi connectivity index (χ2v) is 4.88. The predicted molar refractivity (Wildman–Crippen MR) is 76.8 cm³/mol. The highest BCUT2D eigenvalue weighted by Crippen LogP contribution is 2.06. The molecule has 0 atom stereocenters. The van der Waals surface area contributed by atoms with Gasteiger partial charge in [-0.1, -0.05) is 11.2 Å². The van der Waals surface area contributed by atoms with Crippen LogP contribution in [0.5, 0.6) is 0 Å². The first-order valence-electron chi connectivity index (χ1n) is 6.82. The van der Waals surface area contributed by atoms with Crippen LogP contribution in [-0.4, -0.2) is 27.0 Å². The molecule has 0 aromatic carbocycles. The van der Waals surface area contributed by atoms with Gasteiger partial charge in [-0.2, -0.15) is 0 Å². The largest absolute Gasteiger partial charge is 0.361 e. The second kappa shape index (κ2) is 5.78. The minimum atomic E-state index is -0.0656. The Morgan fingerprint density at radius 3 is 3.14 bits per heavy atom. The number of nitrogens with one attached hydrogen (secondary N) is 1. The number of fused-ring (bicyclic) bond motifs is 1. The molecule has 0 unspecified atom stereocenters. The third kappa shape index (κ3) is 3.10. The molecule has 6 nitrogen and oxygen atoms in total. The van der Waals surface area contributed by atoms with E-state index in [1.807, 2.05) is 35.0 Å². The molecule has 3 aromatic heterocycles. The third-order valence-corrected chi connectivity index (χ3v) is 3.20. The van der Waals surface area contributed by atoms with E-state index >= 15 is 0 Å². The highest BCUT2D eigenvalue weighted by atomic mass is 16.5. The maximum Gasteiger partial charge on any atom is 0.226 e. The average Bonchev–Trinajstić information content (AvgIpc) is 3.06. The number of rotatable bonds is 5. The normalized spacial score (nSPS) is 10.9. The Hall–Kier alpha value is -2.63. The van der Waals surface area contributed by atoms with Crippen molar-refractivity contribution in [2.24, 2.45) is 0 Å². The SMILES string of the molecule is Cc1cc(CC(=O)NCCc2ncc3ccccn23)no1. The van der Waals surface area contributed by atoms with E-state index in [4.69, 9.17) is 4.52 Å². The summed E-state index contributed by atoms with van der Waals surface area (Å²) in [5, 5.41) is 6.67. The van der Waals surface area contributed by atoms with Crippen molar-refractivity contribution in [2.45, 2.75) is 19.8 Å². The van der Waals surface area contributed by atoms with Crippen molar-refractivity contribution in [3.8, 4) is 0 Å². The lowest BCUT2D eigenvalue weighted by Gasteiger charge is -2.03. The first-order chi connectivity index (χ1) is 10.2. The maximum absolute atomic E-state index is 11.8. The molecule has 1 N–H and O–H groups in total. The van der Waals surface area contributed by atoms with Gasteiger partial charge in [-0.3, -0.25) is 4.79 Å². The Morgan fingerprint density at radius 1 is 1.43 bits per heavy atom. The standard InChI is InChI=1S/C15H16N4O2/c1-11-8-12(18-21-11)9-15(20)16-6-5-14-17-10-13-4-2-3-7-19(13)14/h2-4,7-8,10H,5-6,9H2,1H3,(H,16,20). The molecule has 0 spiro atoms. The fourth-order valence-corrected chi connectivity index (χ4v) is 2.23. The summed E-state index contributed by atoms with van der Waals surface area (Å²) in [7, 11) is 0. The lowest BCUT2D eigenvalue weighted by Crippen LogP contribution is -2.27. The zero-order chi connectivity index (χ0) is 14.7. The van der Waals surface area contributed by atoms with E-state index in [1.165, 1.54) is 0 Å². The lowest BCUT2D eigenvalue weighted by atomic mass is 10.2. The minimum Gasteiger partial charge on any atom is -0.361 e. The molecule has 0 aliphatic carbocycles. The van der Waals surface area contributed by atoms with Crippen molar-refractivity contribution in [3.63, 3.8) is 0 Å². The number of imidazole rings is 1. The van der Waals surface area contributed by atoms with Crippen molar-refractivity contribution in [2.75, 3.05) is 6.54 Å². The van der Waals surface area contributed by atoms with Crippen LogP contribution in [0, 0.1) is 6.92 Å². The number of carbonyl (C=O) groups excluding carboxylic acids is 1. The molecule has 3 heterocycles. The number of nitrogens with zero attached hydrogens (tertiary/aromatic N) is 3. The van der Waals surface area contributed by atoms with Crippen LogP contribution in [-0.2, 0) is 17.6 Å². The first-order valence-corrected chi connectivity index (χ1v) is 6.82. The maximum atomic E-state index is 11.8. The minimum absolute atomic E-state index is 0.0656. The van der Waals surface area contributed by atoms with Crippen molar-refractivity contribution in [1.29, 1.82) is 0 Å². The van der Waals surface area contributed by atoms with Gasteiger partial charge in [0.05, 0.1) is 23.8 Å². The number of pyridine rings is 1. The van der Waals surface area contributed by atoms with Crippen molar-refractivity contribution in [3.05, 3.63) is 53.9 Å². The highest BCUT2D eigenvalue weighted by molar-refractivity contribution is 5.78. The van der Waals surface area contributed by atoms with E-state index in [9.17, 15) is 4.79 Å². The first kappa shape index (κ1) is 13.4. The summed E-state index contributed by atoms with van der Waals surface area (Å²) >= 11 is 0. The molecular weight excluding hydrogens is 268 g/mol. The molecule has 0 saturated carbocycles. The van der Waals surface area contributed by atoms with E-state index in [1.54, 1.807) is 13.0 Å². The highest BCUT2D eigenvalue weighted by Gasteiger charge is 2.08. The van der Waals surface area contributed by atoms with Crippen LogP contribution in [0.25, 0.3) is 5.52 Å². The van der Waals surface area contributed by atoms with Gasteiger partial charge in [0.1, 0.15) is 11.6 Å². The van der Waals surface area contributed by atoms with Gasteiger partial charge in [0.15, 0.2) is 0 Å². The average molecular weight is 284 g/mol. The number of aryl methyl sites for hydroxylation is 1. The molecular formula is C15H16N4O2. The van der Waals surface area contributed by atoms with Gasteiger partial charge in [-0.05, 0) is 19.1 Å². The molecule has 0 aliphatic heterocycles. The van der Waals surface area contributed by atoms with Crippen molar-refractivity contribution >= 4 is 11.4 Å². The topological polar surface area (TPSA) is 72.4 Å². The molecule has 1 amide bonds. The lowest BCUT2D eigenvalue weighted by molar-refractivity contribution is -0.120. The summed E-state index contributed by atoms with van der Waals surface area (Å²) in [4.78, 5) is 16.2. The Labute approximate surface area is 121 Å². The fourth-order valence-electron chi connectivity index (χ4n) is 2.23. The van der Waals surface area contributed by atoms with E-state index in [0.29, 0.717) is 24.4 Å². The van der Waals surface area contributed by atoms with Crippen LogP contribution in [0.1, 0.15) is 17.3 Å². The zero-order valence-electron chi connectivity index (χ0n) is 11.7. The van der Waals surface area contributed by atoms with Crippen molar-refractivity contribution in [1.82, 2.24) is 19.9 Å². The van der Waals surface area contributed by atoms with Gasteiger partial charge in [-0.15, -0.1) is 0 Å². The fraction of sp³-hybridized carbons (Fsp3) is 0.267. The molecule has 3 rings (SSSR count). The van der Waals surface area contributed by atoms with E-state index in [2.05, 4.69) is 15.5 Å². The summed E-state index contributed by atoms with van der Waals surface area (Å²) < 4.78 is 6.95. The van der Waals surface area contributed by atoms with Crippen LogP contribution in [0.2, 0.25) is 0 Å². The van der Waals surface area contributed by atoms with E-state index in [0.717, 1.165) is 11.3 Å². The Bertz CT molecular complexity index is 760. The van der Waals surface area contributed by atoms with Crippen LogP contribution in [0.4, 0.5) is 0 Å². The van der Waals surface area contributed by atoms with Gasteiger partial charge < -0.3 is 14.2 Å². The van der Waals surface area contributed by atoms with Gasteiger partial charge >= 0.3 is 0 Å². The van der Waals surface area contributed by atoms with Crippen LogP contribution < -0.4 is 5.32 Å². The number of carbonyl (C=O) groups is 1. The van der Waals surface area contributed by atoms with Gasteiger partial charge in [0.2, 0.25) is 5.91 Å². The van der Waals surface area contributed by atoms with Crippen LogP contribution in [0.15, 0.2) is 41.2 Å². The molecule has 0 fully saturated rings. The van der Waals surface area contributed by atoms with Crippen LogP contribution >= 0.6 is 0 Å². The summed E-state index contributed by atoms with van der Waals surface area (Å²) in [6, 6.07) is 7.70. The Morgan fingerprint density at radius 2 is 2.33 bits per heavy atom. The second-order valence-electron chi connectivity index (χ2n) is 4.88. The smallest absolute Gasteiger partial charge is 0.226 e. The van der Waals surface area contributed by atoms with E-state index < -0.39 is 0 Å². The summed E-state index contributed by atoms with van der Waals surface area (Å²) in [6.45, 7) is 2.35. The molecule has 0 bridgehead atoms. The van der Waals surface area contributed by atoms with E-state index in [-0.39, 0.29) is 12.3 Å². The Balaban J connectivity index is 1.53. The van der Waals surface area contributed by atoms with Gasteiger partial charge in [0, 0.05) is 25.2 Å². The monoisotopic (exact) mass is 284 g/mol. The Kier molecular flexibility index (Phi) is 3.68. The number of aromatic nitrogens is 3. The van der Waals surface area contributed by atoms with Crippen LogP contribution in [0.3, 0.4) is 0 Å². The summed E-state index contributed by atoms with van der Waals surface area (Å²) in [6.07, 6.45) is 4.72.